The van der Waals surface area contributed by atoms with Gasteiger partial charge in [0.15, 0.2) is 5.16 Å². The molecule has 0 aromatic carbocycles. The molecule has 0 unspecified atom stereocenters. The van der Waals surface area contributed by atoms with Gasteiger partial charge in [0.1, 0.15) is 23.5 Å². The molecule has 1 aliphatic rings. The summed E-state index contributed by atoms with van der Waals surface area (Å²) in [6, 6.07) is 6.41. The number of carbonyl (C=O) groups is 1. The van der Waals surface area contributed by atoms with Crippen LogP contribution in [0.15, 0.2) is 28.0 Å². The van der Waals surface area contributed by atoms with Crippen LogP contribution in [0.4, 0.5) is 5.82 Å². The second-order valence-corrected chi connectivity index (χ2v) is 10.1. The minimum absolute atomic E-state index is 0.158. The largest absolute Gasteiger partial charge is 0.467 e. The zero-order valence-electron chi connectivity index (χ0n) is 20.3. The van der Waals surface area contributed by atoms with Crippen LogP contribution in [0.3, 0.4) is 0 Å². The predicted molar refractivity (Wildman–Crippen MR) is 132 cm³/mol. The molecule has 1 aliphatic carbocycles. The number of anilines is 1. The number of furan rings is 1. The highest BCUT2D eigenvalue weighted by atomic mass is 32.2. The van der Waals surface area contributed by atoms with Crippen LogP contribution in [0, 0.1) is 25.2 Å². The first kappa shape index (κ1) is 24.1. The molecule has 180 valence electrons. The van der Waals surface area contributed by atoms with E-state index in [4.69, 9.17) is 4.42 Å². The number of hydrogen-bond acceptors (Lipinski definition) is 6. The molecule has 3 aromatic heterocycles. The molecule has 0 saturated heterocycles. The average molecular weight is 481 g/mol. The Balaban J connectivity index is 1.52. The van der Waals surface area contributed by atoms with Gasteiger partial charge in [0.2, 0.25) is 5.91 Å². The van der Waals surface area contributed by atoms with E-state index >= 15 is 0 Å². The summed E-state index contributed by atoms with van der Waals surface area (Å²) in [5.41, 5.74) is 2.56. The second-order valence-electron chi connectivity index (χ2n) is 9.21. The quantitative estimate of drug-likeness (QED) is 0.423. The molecule has 3 aromatic rings. The van der Waals surface area contributed by atoms with E-state index in [9.17, 15) is 10.1 Å². The van der Waals surface area contributed by atoms with Crippen molar-refractivity contribution in [2.75, 3.05) is 11.1 Å². The van der Waals surface area contributed by atoms with E-state index in [1.54, 1.807) is 6.26 Å². The van der Waals surface area contributed by atoms with Crippen LogP contribution in [-0.2, 0) is 11.3 Å². The van der Waals surface area contributed by atoms with E-state index in [0.29, 0.717) is 29.1 Å². The van der Waals surface area contributed by atoms with Gasteiger partial charge >= 0.3 is 0 Å². The van der Waals surface area contributed by atoms with Crippen molar-refractivity contribution in [3.05, 3.63) is 46.8 Å². The Kier molecular flexibility index (Phi) is 7.47. The van der Waals surface area contributed by atoms with E-state index in [-0.39, 0.29) is 17.6 Å². The summed E-state index contributed by atoms with van der Waals surface area (Å²) < 4.78 is 9.70. The summed E-state index contributed by atoms with van der Waals surface area (Å²) in [5, 5.41) is 22.2. The third-order valence-electron chi connectivity index (χ3n) is 6.55. The standard InChI is InChI=1S/C25H32N6O2S/c1-16(2)23-28-29-25(30(23)14-20-11-8-12-33-20)34-15-22(32)27-24-21(13-26)17(3)18(4)31(24)19-9-6-5-7-10-19/h8,11-12,16,19H,5-7,9-10,14-15H2,1-4H3,(H,27,32). The molecule has 4 rings (SSSR count). The number of carbonyl (C=O) groups excluding carboxylic acids is 1. The molecule has 9 heteroatoms. The van der Waals surface area contributed by atoms with Gasteiger partial charge in [-0.15, -0.1) is 10.2 Å². The summed E-state index contributed by atoms with van der Waals surface area (Å²) in [6.07, 6.45) is 7.39. The van der Waals surface area contributed by atoms with Gasteiger partial charge in [0.05, 0.1) is 24.1 Å². The van der Waals surface area contributed by atoms with Crippen LogP contribution in [0.2, 0.25) is 0 Å². The van der Waals surface area contributed by atoms with Gasteiger partial charge in [-0.3, -0.25) is 9.36 Å². The number of nitriles is 1. The second kappa shape index (κ2) is 10.5. The van der Waals surface area contributed by atoms with Gasteiger partial charge in [0.25, 0.3) is 0 Å². The Morgan fingerprint density at radius 1 is 1.29 bits per heavy atom. The summed E-state index contributed by atoms with van der Waals surface area (Å²) >= 11 is 1.34. The first-order valence-electron chi connectivity index (χ1n) is 11.9. The number of thioether (sulfide) groups is 1. The maximum Gasteiger partial charge on any atom is 0.235 e. The number of hydrogen-bond donors (Lipinski definition) is 1. The SMILES string of the molecule is Cc1c(C#N)c(NC(=O)CSc2nnc(C(C)C)n2Cc2ccco2)n(C2CCCCC2)c1C. The van der Waals surface area contributed by atoms with Crippen molar-refractivity contribution in [1.82, 2.24) is 19.3 Å². The fourth-order valence-electron chi connectivity index (χ4n) is 4.72. The Morgan fingerprint density at radius 3 is 2.71 bits per heavy atom. The molecule has 0 radical (unpaired) electrons. The lowest BCUT2D eigenvalue weighted by atomic mass is 9.95. The Labute approximate surface area is 204 Å². The van der Waals surface area contributed by atoms with Crippen molar-refractivity contribution in [2.24, 2.45) is 0 Å². The first-order valence-corrected chi connectivity index (χ1v) is 12.9. The fraction of sp³-hybridized carbons (Fsp3) is 0.520. The molecule has 0 aliphatic heterocycles. The molecule has 0 atom stereocenters. The number of nitrogens with one attached hydrogen (secondary N) is 1. The molecule has 1 saturated carbocycles. The Morgan fingerprint density at radius 2 is 2.06 bits per heavy atom. The minimum atomic E-state index is -0.158. The monoisotopic (exact) mass is 480 g/mol. The Bertz CT molecular complexity index is 1180. The number of amides is 1. The average Bonchev–Trinajstić information content (AvgIpc) is 3.53. The van der Waals surface area contributed by atoms with Crippen LogP contribution in [0.1, 0.15) is 86.3 Å². The summed E-state index contributed by atoms with van der Waals surface area (Å²) in [4.78, 5) is 13.0. The van der Waals surface area contributed by atoms with Crippen molar-refractivity contribution < 1.29 is 9.21 Å². The van der Waals surface area contributed by atoms with Crippen molar-refractivity contribution in [3.63, 3.8) is 0 Å². The smallest absolute Gasteiger partial charge is 0.235 e. The molecule has 1 fully saturated rings. The molecule has 34 heavy (non-hydrogen) atoms. The summed E-state index contributed by atoms with van der Waals surface area (Å²) in [5.74, 6) is 2.50. The lowest BCUT2D eigenvalue weighted by molar-refractivity contribution is -0.113. The number of rotatable bonds is 8. The lowest BCUT2D eigenvalue weighted by Crippen LogP contribution is -2.22. The van der Waals surface area contributed by atoms with Crippen LogP contribution < -0.4 is 5.32 Å². The highest BCUT2D eigenvalue weighted by Gasteiger charge is 2.26. The van der Waals surface area contributed by atoms with E-state index < -0.39 is 0 Å². The van der Waals surface area contributed by atoms with Gasteiger partial charge in [-0.05, 0) is 44.4 Å². The van der Waals surface area contributed by atoms with Crippen LogP contribution >= 0.6 is 11.8 Å². The van der Waals surface area contributed by atoms with E-state index in [2.05, 4.69) is 40.0 Å². The van der Waals surface area contributed by atoms with Crippen LogP contribution in [0.25, 0.3) is 0 Å². The highest BCUT2D eigenvalue weighted by Crippen LogP contribution is 2.37. The van der Waals surface area contributed by atoms with Gasteiger partial charge in [-0.25, -0.2) is 0 Å². The van der Waals surface area contributed by atoms with Crippen molar-refractivity contribution in [1.29, 1.82) is 5.26 Å². The molecule has 3 heterocycles. The molecule has 0 bridgehead atoms. The molecule has 1 N–H and O–H groups in total. The topological polar surface area (TPSA) is 102 Å². The fourth-order valence-corrected chi connectivity index (χ4v) is 5.47. The van der Waals surface area contributed by atoms with Gasteiger partial charge in [-0.2, -0.15) is 5.26 Å². The maximum absolute atomic E-state index is 13.0. The van der Waals surface area contributed by atoms with E-state index in [1.807, 2.05) is 30.5 Å². The third-order valence-corrected chi connectivity index (χ3v) is 7.52. The van der Waals surface area contributed by atoms with Crippen LogP contribution in [-0.4, -0.2) is 31.0 Å². The normalized spacial score (nSPS) is 14.5. The minimum Gasteiger partial charge on any atom is -0.467 e. The van der Waals surface area contributed by atoms with Crippen molar-refractivity contribution >= 4 is 23.5 Å². The Hall–Kier alpha value is -2.99. The maximum atomic E-state index is 13.0. The van der Waals surface area contributed by atoms with E-state index in [1.165, 1.54) is 31.0 Å². The third kappa shape index (κ3) is 4.92. The molecular formula is C25H32N6O2S. The molecule has 8 nitrogen and oxygen atoms in total. The molecule has 1 amide bonds. The van der Waals surface area contributed by atoms with E-state index in [0.717, 1.165) is 35.7 Å². The summed E-state index contributed by atoms with van der Waals surface area (Å²) in [6.45, 7) is 8.65. The van der Waals surface area contributed by atoms with Crippen LogP contribution in [0.5, 0.6) is 0 Å². The number of nitrogens with zero attached hydrogens (tertiary/aromatic N) is 5. The van der Waals surface area contributed by atoms with Gasteiger partial charge in [0, 0.05) is 17.7 Å². The van der Waals surface area contributed by atoms with Gasteiger partial charge in [-0.1, -0.05) is 44.9 Å². The van der Waals surface area contributed by atoms with Crippen molar-refractivity contribution in [2.45, 2.75) is 83.5 Å². The zero-order chi connectivity index (χ0) is 24.2. The molecular weight excluding hydrogens is 448 g/mol. The molecule has 0 spiro atoms. The van der Waals surface area contributed by atoms with Crippen molar-refractivity contribution in [3.8, 4) is 6.07 Å². The zero-order valence-corrected chi connectivity index (χ0v) is 21.1. The van der Waals surface area contributed by atoms with Gasteiger partial charge < -0.3 is 14.3 Å². The number of aromatic nitrogens is 4. The summed E-state index contributed by atoms with van der Waals surface area (Å²) in [7, 11) is 0. The first-order chi connectivity index (χ1) is 16.4. The lowest BCUT2D eigenvalue weighted by Gasteiger charge is -2.27. The predicted octanol–water partition coefficient (Wildman–Crippen LogP) is 5.57. The highest BCUT2D eigenvalue weighted by molar-refractivity contribution is 7.99.